The molecule has 1 rings (SSSR count). The van der Waals surface area contributed by atoms with E-state index in [9.17, 15) is 14.0 Å². The largest absolute Gasteiger partial charge is 0.444 e. The summed E-state index contributed by atoms with van der Waals surface area (Å²) in [7, 11) is 2.74. The van der Waals surface area contributed by atoms with Gasteiger partial charge in [-0.25, -0.2) is 14.2 Å². The van der Waals surface area contributed by atoms with Crippen LogP contribution in [0.4, 0.5) is 9.18 Å². The van der Waals surface area contributed by atoms with E-state index < -0.39 is 29.5 Å². The number of halogens is 1. The maximum Gasteiger partial charge on any atom is 0.408 e. The van der Waals surface area contributed by atoms with Crippen molar-refractivity contribution in [3.8, 4) is 0 Å². The van der Waals surface area contributed by atoms with Crippen LogP contribution in [0, 0.1) is 5.82 Å². The highest BCUT2D eigenvalue weighted by Gasteiger charge is 2.27. The lowest BCUT2D eigenvalue weighted by Crippen LogP contribution is -2.49. The minimum atomic E-state index is -1.01. The van der Waals surface area contributed by atoms with Crippen molar-refractivity contribution in [3.05, 3.63) is 35.6 Å². The molecule has 0 saturated heterocycles. The Bertz CT molecular complexity index is 557. The summed E-state index contributed by atoms with van der Waals surface area (Å²) < 4.78 is 18.9. The normalized spacial score (nSPS) is 12.4. The zero-order chi connectivity index (χ0) is 17.6. The Balaban J connectivity index is 2.92. The van der Waals surface area contributed by atoms with Crippen LogP contribution in [-0.2, 0) is 20.8 Å². The maximum absolute atomic E-state index is 13.8. The Morgan fingerprint density at radius 1 is 1.30 bits per heavy atom. The van der Waals surface area contributed by atoms with Crippen LogP contribution in [0.2, 0.25) is 0 Å². The molecule has 7 heteroatoms. The van der Waals surface area contributed by atoms with E-state index in [4.69, 9.17) is 9.57 Å². The van der Waals surface area contributed by atoms with Gasteiger partial charge in [-0.2, -0.15) is 0 Å². The zero-order valence-electron chi connectivity index (χ0n) is 14.1. The van der Waals surface area contributed by atoms with Crippen LogP contribution < -0.4 is 5.32 Å². The Kier molecular flexibility index (Phi) is 6.50. The van der Waals surface area contributed by atoms with Gasteiger partial charge in [0.15, 0.2) is 0 Å². The topological polar surface area (TPSA) is 67.9 Å². The molecular weight excluding hydrogens is 303 g/mol. The molecule has 0 aliphatic carbocycles. The number of hydroxylamine groups is 2. The number of rotatable bonds is 5. The standard InChI is InChI=1S/C16H23FN2O4/c1-16(2,3)23-15(21)18-13(14(20)19(4)22-5)10-11-8-6-7-9-12(11)17/h6-9,13H,10H2,1-5H3,(H,18,21). The molecule has 0 aromatic heterocycles. The summed E-state index contributed by atoms with van der Waals surface area (Å²) in [6, 6.07) is 5.06. The van der Waals surface area contributed by atoms with E-state index in [-0.39, 0.29) is 6.42 Å². The van der Waals surface area contributed by atoms with Gasteiger partial charge in [0.25, 0.3) is 5.91 Å². The van der Waals surface area contributed by atoms with E-state index in [0.29, 0.717) is 5.56 Å². The van der Waals surface area contributed by atoms with E-state index in [1.807, 2.05) is 0 Å². The molecule has 1 aromatic carbocycles. The van der Waals surface area contributed by atoms with E-state index in [1.165, 1.54) is 20.2 Å². The second-order valence-corrected chi connectivity index (χ2v) is 6.01. The second-order valence-electron chi connectivity index (χ2n) is 6.01. The van der Waals surface area contributed by atoms with E-state index in [1.54, 1.807) is 39.0 Å². The Labute approximate surface area is 135 Å². The average Bonchev–Trinajstić information content (AvgIpc) is 2.45. The first-order valence-electron chi connectivity index (χ1n) is 7.18. The van der Waals surface area contributed by atoms with Gasteiger partial charge in [0, 0.05) is 13.5 Å². The van der Waals surface area contributed by atoms with Crippen molar-refractivity contribution >= 4 is 12.0 Å². The molecule has 6 nitrogen and oxygen atoms in total. The number of likely N-dealkylation sites (N-methyl/N-ethyl adjacent to an activating group) is 1. The van der Waals surface area contributed by atoms with Crippen molar-refractivity contribution in [2.75, 3.05) is 14.2 Å². The van der Waals surface area contributed by atoms with Crippen LogP contribution in [0.25, 0.3) is 0 Å². The van der Waals surface area contributed by atoms with Gasteiger partial charge in [-0.1, -0.05) is 18.2 Å². The predicted octanol–water partition coefficient (Wildman–Crippen LogP) is 2.28. The van der Waals surface area contributed by atoms with E-state index in [2.05, 4.69) is 5.32 Å². The highest BCUT2D eigenvalue weighted by atomic mass is 19.1. The van der Waals surface area contributed by atoms with Crippen molar-refractivity contribution < 1.29 is 23.6 Å². The molecule has 128 valence electrons. The fourth-order valence-corrected chi connectivity index (χ4v) is 1.84. The molecule has 0 radical (unpaired) electrons. The van der Waals surface area contributed by atoms with Crippen molar-refractivity contribution in [1.29, 1.82) is 0 Å². The molecule has 1 atom stereocenters. The van der Waals surface area contributed by atoms with Crippen molar-refractivity contribution in [2.24, 2.45) is 0 Å². The van der Waals surface area contributed by atoms with Crippen LogP contribution in [0.3, 0.4) is 0 Å². The lowest BCUT2D eigenvalue weighted by molar-refractivity contribution is -0.171. The summed E-state index contributed by atoms with van der Waals surface area (Å²) >= 11 is 0. The number of amides is 2. The number of hydrogen-bond donors (Lipinski definition) is 1. The Hall–Kier alpha value is -2.15. The summed E-state index contributed by atoms with van der Waals surface area (Å²) in [4.78, 5) is 29.1. The van der Waals surface area contributed by atoms with Gasteiger partial charge in [0.2, 0.25) is 0 Å². The van der Waals surface area contributed by atoms with Gasteiger partial charge in [-0.3, -0.25) is 9.63 Å². The summed E-state index contributed by atoms with van der Waals surface area (Å²) in [6.45, 7) is 5.13. The van der Waals surface area contributed by atoms with Crippen LogP contribution in [0.15, 0.2) is 24.3 Å². The number of benzene rings is 1. The number of carbonyl (C=O) groups is 2. The van der Waals surface area contributed by atoms with E-state index >= 15 is 0 Å². The molecule has 0 heterocycles. The zero-order valence-corrected chi connectivity index (χ0v) is 14.1. The highest BCUT2D eigenvalue weighted by molar-refractivity contribution is 5.85. The third-order valence-corrected chi connectivity index (χ3v) is 2.96. The van der Waals surface area contributed by atoms with Gasteiger partial charge in [0.1, 0.15) is 17.5 Å². The third-order valence-electron chi connectivity index (χ3n) is 2.96. The smallest absolute Gasteiger partial charge is 0.408 e. The number of nitrogens with zero attached hydrogens (tertiary/aromatic N) is 1. The number of alkyl carbamates (subject to hydrolysis) is 1. The molecule has 1 unspecified atom stereocenters. The van der Waals surface area contributed by atoms with Gasteiger partial charge >= 0.3 is 6.09 Å². The predicted molar refractivity (Wildman–Crippen MR) is 83.0 cm³/mol. The summed E-state index contributed by atoms with van der Waals surface area (Å²) in [5.74, 6) is -0.960. The van der Waals surface area contributed by atoms with Crippen molar-refractivity contribution in [3.63, 3.8) is 0 Å². The number of nitrogens with one attached hydrogen (secondary N) is 1. The van der Waals surface area contributed by atoms with Gasteiger partial charge in [-0.15, -0.1) is 0 Å². The first-order valence-corrected chi connectivity index (χ1v) is 7.18. The van der Waals surface area contributed by atoms with Crippen molar-refractivity contribution in [2.45, 2.75) is 38.8 Å². The molecule has 0 aliphatic rings. The summed E-state index contributed by atoms with van der Waals surface area (Å²) in [6.07, 6.45) is -0.768. The molecule has 0 saturated carbocycles. The Morgan fingerprint density at radius 2 is 1.91 bits per heavy atom. The quantitative estimate of drug-likeness (QED) is 0.843. The van der Waals surface area contributed by atoms with Crippen LogP contribution in [-0.4, -0.2) is 42.9 Å². The monoisotopic (exact) mass is 326 g/mol. The van der Waals surface area contributed by atoms with Crippen molar-refractivity contribution in [1.82, 2.24) is 10.4 Å². The molecule has 2 amide bonds. The number of carbonyl (C=O) groups excluding carboxylic acids is 2. The van der Waals surface area contributed by atoms with Crippen LogP contribution in [0.1, 0.15) is 26.3 Å². The first kappa shape index (κ1) is 18.9. The molecular formula is C16H23FN2O4. The van der Waals surface area contributed by atoms with E-state index in [0.717, 1.165) is 5.06 Å². The molecule has 0 spiro atoms. The highest BCUT2D eigenvalue weighted by Crippen LogP contribution is 2.12. The minimum absolute atomic E-state index is 0.0154. The summed E-state index contributed by atoms with van der Waals surface area (Å²) in [5.41, 5.74) is -0.394. The number of ether oxygens (including phenoxy) is 1. The second kappa shape index (κ2) is 7.92. The van der Waals surface area contributed by atoms with Crippen LogP contribution >= 0.6 is 0 Å². The average molecular weight is 326 g/mol. The number of hydrogen-bond acceptors (Lipinski definition) is 4. The molecule has 0 bridgehead atoms. The van der Waals surface area contributed by atoms with Gasteiger partial charge in [-0.05, 0) is 32.4 Å². The lowest BCUT2D eigenvalue weighted by atomic mass is 10.0. The molecule has 0 aliphatic heterocycles. The maximum atomic E-state index is 13.8. The summed E-state index contributed by atoms with van der Waals surface area (Å²) in [5, 5.41) is 3.44. The molecule has 1 aromatic rings. The lowest BCUT2D eigenvalue weighted by Gasteiger charge is -2.25. The molecule has 23 heavy (non-hydrogen) atoms. The Morgan fingerprint density at radius 3 is 2.43 bits per heavy atom. The first-order chi connectivity index (χ1) is 10.6. The van der Waals surface area contributed by atoms with Crippen LogP contribution in [0.5, 0.6) is 0 Å². The fourth-order valence-electron chi connectivity index (χ4n) is 1.84. The van der Waals surface area contributed by atoms with Gasteiger partial charge < -0.3 is 10.1 Å². The molecule has 1 N–H and O–H groups in total. The minimum Gasteiger partial charge on any atom is -0.444 e. The fraction of sp³-hybridized carbons (Fsp3) is 0.500. The van der Waals surface area contributed by atoms with Gasteiger partial charge in [0.05, 0.1) is 7.11 Å². The third kappa shape index (κ3) is 6.23. The molecule has 0 fully saturated rings. The SMILES string of the molecule is CON(C)C(=O)C(Cc1ccccc1F)NC(=O)OC(C)(C)C.